The van der Waals surface area contributed by atoms with E-state index in [1.165, 1.54) is 0 Å². The Kier molecular flexibility index (Phi) is 7.61. The Morgan fingerprint density at radius 1 is 1.23 bits per heavy atom. The second-order valence-corrected chi connectivity index (χ2v) is 6.07. The Balaban J connectivity index is 1.90. The number of nitrogens with one attached hydrogen (secondary N) is 1. The maximum Gasteiger partial charge on any atom is 0.326 e. The van der Waals surface area contributed by atoms with Gasteiger partial charge in [-0.1, -0.05) is 38.0 Å². The summed E-state index contributed by atoms with van der Waals surface area (Å²) >= 11 is 0. The van der Waals surface area contributed by atoms with Gasteiger partial charge >= 0.3 is 5.97 Å². The van der Waals surface area contributed by atoms with E-state index in [0.717, 1.165) is 24.0 Å². The monoisotopic (exact) mass is 356 g/mol. The summed E-state index contributed by atoms with van der Waals surface area (Å²) in [6, 6.07) is 10.2. The summed E-state index contributed by atoms with van der Waals surface area (Å²) in [7, 11) is 0. The van der Waals surface area contributed by atoms with E-state index < -0.39 is 12.0 Å². The van der Waals surface area contributed by atoms with Gasteiger partial charge in [-0.05, 0) is 30.2 Å². The molecule has 1 heterocycles. The van der Waals surface area contributed by atoms with Gasteiger partial charge in [0.25, 0.3) is 0 Å². The number of carboxylic acid groups (broad SMARTS) is 1. The summed E-state index contributed by atoms with van der Waals surface area (Å²) in [5, 5.41) is 11.8. The predicted molar refractivity (Wildman–Crippen MR) is 97.8 cm³/mol. The molecule has 1 aromatic carbocycles. The molecule has 26 heavy (non-hydrogen) atoms. The molecule has 1 amide bonds. The van der Waals surface area contributed by atoms with E-state index in [-0.39, 0.29) is 12.3 Å². The van der Waals surface area contributed by atoms with Crippen LogP contribution in [0.1, 0.15) is 37.3 Å². The fourth-order valence-electron chi connectivity index (χ4n) is 2.49. The minimum absolute atomic E-state index is 0.111. The Morgan fingerprint density at radius 2 is 2.04 bits per heavy atom. The van der Waals surface area contributed by atoms with Crippen molar-refractivity contribution in [3.05, 3.63) is 59.9 Å². The molecule has 1 unspecified atom stereocenters. The molecular formula is C20H24N2O4. The molecule has 0 fully saturated rings. The molecule has 138 valence electrons. The molecular weight excluding hydrogens is 332 g/mol. The van der Waals surface area contributed by atoms with Crippen molar-refractivity contribution < 1.29 is 19.4 Å². The standard InChI is InChI=1S/C20H24N2O4/c1-2-3-9-18(20(24)25)22-19(23)12-15-6-4-8-17(11-15)26-14-16-7-5-10-21-13-16/h4-8,10-11,13,18H,2-3,9,12,14H2,1H3,(H,22,23)(H,24,25). The lowest BCUT2D eigenvalue weighted by Crippen LogP contribution is -2.41. The summed E-state index contributed by atoms with van der Waals surface area (Å²) in [6.45, 7) is 2.37. The zero-order valence-corrected chi connectivity index (χ0v) is 14.9. The fourth-order valence-corrected chi connectivity index (χ4v) is 2.49. The number of aromatic nitrogens is 1. The lowest BCUT2D eigenvalue weighted by molar-refractivity contribution is -0.142. The molecule has 0 saturated heterocycles. The summed E-state index contributed by atoms with van der Waals surface area (Å²) in [5.74, 6) is -0.654. The number of carbonyl (C=O) groups is 2. The summed E-state index contributed by atoms with van der Waals surface area (Å²) < 4.78 is 5.72. The molecule has 0 aliphatic heterocycles. The first-order valence-corrected chi connectivity index (χ1v) is 8.71. The molecule has 2 N–H and O–H groups in total. The summed E-state index contributed by atoms with van der Waals surface area (Å²) in [5.41, 5.74) is 1.72. The summed E-state index contributed by atoms with van der Waals surface area (Å²) in [6.07, 6.45) is 5.63. The highest BCUT2D eigenvalue weighted by atomic mass is 16.5. The number of hydrogen-bond acceptors (Lipinski definition) is 4. The number of aliphatic carboxylic acids is 1. The van der Waals surface area contributed by atoms with Crippen molar-refractivity contribution in [3.63, 3.8) is 0 Å². The SMILES string of the molecule is CCCCC(NC(=O)Cc1cccc(OCc2cccnc2)c1)C(=O)O. The van der Waals surface area contributed by atoms with Gasteiger partial charge in [-0.3, -0.25) is 9.78 Å². The largest absolute Gasteiger partial charge is 0.489 e. The average molecular weight is 356 g/mol. The van der Waals surface area contributed by atoms with Gasteiger partial charge in [-0.2, -0.15) is 0 Å². The third-order valence-electron chi connectivity index (χ3n) is 3.87. The van der Waals surface area contributed by atoms with Crippen LogP contribution in [0, 0.1) is 0 Å². The van der Waals surface area contributed by atoms with Crippen LogP contribution in [0.2, 0.25) is 0 Å². The van der Waals surface area contributed by atoms with Crippen LogP contribution in [-0.4, -0.2) is 28.0 Å². The molecule has 2 aromatic rings. The predicted octanol–water partition coefficient (Wildman–Crippen LogP) is 2.96. The van der Waals surface area contributed by atoms with Gasteiger partial charge in [0, 0.05) is 18.0 Å². The first-order valence-electron chi connectivity index (χ1n) is 8.71. The van der Waals surface area contributed by atoms with Crippen molar-refractivity contribution in [1.29, 1.82) is 0 Å². The van der Waals surface area contributed by atoms with Crippen molar-refractivity contribution in [3.8, 4) is 5.75 Å². The minimum Gasteiger partial charge on any atom is -0.489 e. The van der Waals surface area contributed by atoms with Gasteiger partial charge in [0.15, 0.2) is 0 Å². The molecule has 6 heteroatoms. The highest BCUT2D eigenvalue weighted by Gasteiger charge is 2.19. The van der Waals surface area contributed by atoms with Crippen LogP contribution in [0.3, 0.4) is 0 Å². The number of rotatable bonds is 10. The minimum atomic E-state index is -1.000. The zero-order valence-electron chi connectivity index (χ0n) is 14.9. The Labute approximate surface area is 153 Å². The number of carboxylic acids is 1. The molecule has 0 aliphatic carbocycles. The Hall–Kier alpha value is -2.89. The van der Waals surface area contributed by atoms with Gasteiger partial charge in [0.2, 0.25) is 5.91 Å². The van der Waals surface area contributed by atoms with Crippen molar-refractivity contribution in [1.82, 2.24) is 10.3 Å². The third kappa shape index (κ3) is 6.55. The molecule has 0 saturated carbocycles. The Morgan fingerprint density at radius 3 is 2.73 bits per heavy atom. The number of carbonyl (C=O) groups excluding carboxylic acids is 1. The lowest BCUT2D eigenvalue weighted by Gasteiger charge is -2.14. The van der Waals surface area contributed by atoms with Gasteiger partial charge in [0.05, 0.1) is 6.42 Å². The number of hydrogen-bond donors (Lipinski definition) is 2. The molecule has 1 atom stereocenters. The van der Waals surface area contributed by atoms with Crippen LogP contribution < -0.4 is 10.1 Å². The maximum absolute atomic E-state index is 12.2. The first kappa shape index (κ1) is 19.4. The lowest BCUT2D eigenvalue weighted by atomic mass is 10.1. The van der Waals surface area contributed by atoms with E-state index in [1.807, 2.05) is 37.3 Å². The second-order valence-electron chi connectivity index (χ2n) is 6.07. The third-order valence-corrected chi connectivity index (χ3v) is 3.87. The van der Waals surface area contributed by atoms with Crippen molar-refractivity contribution in [2.24, 2.45) is 0 Å². The highest BCUT2D eigenvalue weighted by molar-refractivity contribution is 5.84. The second kappa shape index (κ2) is 10.2. The molecule has 1 aromatic heterocycles. The summed E-state index contributed by atoms with van der Waals surface area (Å²) in [4.78, 5) is 27.4. The highest BCUT2D eigenvalue weighted by Crippen LogP contribution is 2.15. The van der Waals surface area contributed by atoms with E-state index >= 15 is 0 Å². The van der Waals surface area contributed by atoms with Gasteiger partial charge in [-0.25, -0.2) is 4.79 Å². The normalized spacial score (nSPS) is 11.6. The van der Waals surface area contributed by atoms with Gasteiger partial charge < -0.3 is 15.2 Å². The van der Waals surface area contributed by atoms with Crippen LogP contribution in [-0.2, 0) is 22.6 Å². The van der Waals surface area contributed by atoms with Gasteiger partial charge in [0.1, 0.15) is 18.4 Å². The number of amides is 1. The van der Waals surface area contributed by atoms with E-state index in [0.29, 0.717) is 18.8 Å². The number of pyridine rings is 1. The number of unbranched alkanes of at least 4 members (excludes halogenated alkanes) is 1. The van der Waals surface area contributed by atoms with E-state index in [4.69, 9.17) is 4.74 Å². The first-order chi connectivity index (χ1) is 12.6. The van der Waals surface area contributed by atoms with Crippen LogP contribution in [0.25, 0.3) is 0 Å². The average Bonchev–Trinajstić information content (AvgIpc) is 2.64. The smallest absolute Gasteiger partial charge is 0.326 e. The molecule has 0 bridgehead atoms. The maximum atomic E-state index is 12.2. The quantitative estimate of drug-likeness (QED) is 0.683. The van der Waals surface area contributed by atoms with Crippen molar-refractivity contribution in [2.75, 3.05) is 0 Å². The van der Waals surface area contributed by atoms with Crippen molar-refractivity contribution in [2.45, 2.75) is 45.3 Å². The van der Waals surface area contributed by atoms with Crippen LogP contribution >= 0.6 is 0 Å². The van der Waals surface area contributed by atoms with E-state index in [9.17, 15) is 14.7 Å². The number of ether oxygens (including phenoxy) is 1. The van der Waals surface area contributed by atoms with Crippen LogP contribution in [0.5, 0.6) is 5.75 Å². The fraction of sp³-hybridized carbons (Fsp3) is 0.350. The van der Waals surface area contributed by atoms with Crippen molar-refractivity contribution >= 4 is 11.9 Å². The Bertz CT molecular complexity index is 719. The molecule has 6 nitrogen and oxygen atoms in total. The van der Waals surface area contributed by atoms with Crippen LogP contribution in [0.15, 0.2) is 48.8 Å². The topological polar surface area (TPSA) is 88.5 Å². The van der Waals surface area contributed by atoms with E-state index in [1.54, 1.807) is 18.5 Å². The van der Waals surface area contributed by atoms with E-state index in [2.05, 4.69) is 10.3 Å². The molecule has 0 spiro atoms. The molecule has 0 aliphatic rings. The van der Waals surface area contributed by atoms with Gasteiger partial charge in [-0.15, -0.1) is 0 Å². The molecule has 0 radical (unpaired) electrons. The van der Waals surface area contributed by atoms with Crippen LogP contribution in [0.4, 0.5) is 0 Å². The number of nitrogens with zero attached hydrogens (tertiary/aromatic N) is 1. The molecule has 2 rings (SSSR count). The zero-order chi connectivity index (χ0) is 18.8. The number of benzene rings is 1.